The lowest BCUT2D eigenvalue weighted by Crippen LogP contribution is -2.50. The van der Waals surface area contributed by atoms with Crippen molar-refractivity contribution >= 4 is 5.91 Å². The Balaban J connectivity index is 1.65. The minimum Gasteiger partial charge on any atom is -0.373 e. The van der Waals surface area contributed by atoms with Gasteiger partial charge in [-0.25, -0.2) is 0 Å². The molecule has 0 aromatic carbocycles. The van der Waals surface area contributed by atoms with Gasteiger partial charge in [0.15, 0.2) is 0 Å². The van der Waals surface area contributed by atoms with E-state index in [4.69, 9.17) is 4.74 Å². The first-order valence-corrected chi connectivity index (χ1v) is 8.64. The molecule has 1 amide bonds. The average molecular weight is 317 g/mol. The van der Waals surface area contributed by atoms with Gasteiger partial charge in [0.25, 0.3) is 5.91 Å². The first-order valence-electron chi connectivity index (χ1n) is 8.64. The summed E-state index contributed by atoms with van der Waals surface area (Å²) >= 11 is 0. The van der Waals surface area contributed by atoms with E-state index in [1.54, 1.807) is 6.20 Å². The molecule has 0 spiro atoms. The van der Waals surface area contributed by atoms with Crippen molar-refractivity contribution < 1.29 is 9.53 Å². The molecule has 2 saturated heterocycles. The van der Waals surface area contributed by atoms with Crippen LogP contribution in [0.15, 0.2) is 18.3 Å². The van der Waals surface area contributed by atoms with Gasteiger partial charge in [-0.2, -0.15) is 0 Å². The highest BCUT2D eigenvalue weighted by atomic mass is 16.5. The molecule has 0 unspecified atom stereocenters. The molecule has 5 heteroatoms. The molecule has 0 saturated carbocycles. The number of likely N-dealkylation sites (tertiary alicyclic amines) is 1. The van der Waals surface area contributed by atoms with E-state index in [1.807, 2.05) is 24.0 Å². The van der Waals surface area contributed by atoms with Crippen LogP contribution in [0, 0.1) is 6.92 Å². The summed E-state index contributed by atoms with van der Waals surface area (Å²) in [6.45, 7) is 9.89. The summed E-state index contributed by atoms with van der Waals surface area (Å²) in [7, 11) is 0. The number of nitrogens with zero attached hydrogens (tertiary/aromatic N) is 3. The monoisotopic (exact) mass is 317 g/mol. The van der Waals surface area contributed by atoms with E-state index < -0.39 is 0 Å². The van der Waals surface area contributed by atoms with Gasteiger partial charge in [0.1, 0.15) is 0 Å². The molecule has 2 aliphatic rings. The Kier molecular flexibility index (Phi) is 4.97. The Labute approximate surface area is 138 Å². The third kappa shape index (κ3) is 3.90. The molecule has 0 aliphatic carbocycles. The Morgan fingerprint density at radius 3 is 2.70 bits per heavy atom. The van der Waals surface area contributed by atoms with Crippen LogP contribution in [0.5, 0.6) is 0 Å². The van der Waals surface area contributed by atoms with E-state index in [2.05, 4.69) is 23.7 Å². The number of aromatic nitrogens is 1. The van der Waals surface area contributed by atoms with Crippen LogP contribution in [0.2, 0.25) is 0 Å². The van der Waals surface area contributed by atoms with Crippen LogP contribution in [0.4, 0.5) is 0 Å². The molecular formula is C18H27N3O2. The van der Waals surface area contributed by atoms with Crippen LogP contribution < -0.4 is 0 Å². The summed E-state index contributed by atoms with van der Waals surface area (Å²) in [5, 5.41) is 0. The van der Waals surface area contributed by atoms with Crippen LogP contribution in [-0.2, 0) is 4.74 Å². The average Bonchev–Trinajstić information content (AvgIpc) is 2.94. The maximum atomic E-state index is 12.8. The Bertz CT molecular complexity index is 536. The smallest absolute Gasteiger partial charge is 0.255 e. The molecule has 0 radical (unpaired) electrons. The number of aryl methyl sites for hydroxylation is 1. The third-order valence-corrected chi connectivity index (χ3v) is 4.76. The van der Waals surface area contributed by atoms with Crippen LogP contribution in [0.3, 0.4) is 0 Å². The number of ether oxygens (including phenoxy) is 1. The second-order valence-electron chi connectivity index (χ2n) is 6.96. The normalized spacial score (nSPS) is 29.0. The SMILES string of the molecule is Cc1ccc(C(=O)N2CCC[C@H]2CN2C[C@@H](C)O[C@@H](C)C2)cn1. The second kappa shape index (κ2) is 6.97. The highest BCUT2D eigenvalue weighted by Gasteiger charge is 2.32. The van der Waals surface area contributed by atoms with Gasteiger partial charge in [0.05, 0.1) is 17.8 Å². The number of morpholine rings is 1. The van der Waals surface area contributed by atoms with E-state index in [9.17, 15) is 4.79 Å². The molecule has 3 rings (SSSR count). The molecule has 0 bridgehead atoms. The van der Waals surface area contributed by atoms with Crippen LogP contribution in [0.1, 0.15) is 42.7 Å². The summed E-state index contributed by atoms with van der Waals surface area (Å²) in [5.74, 6) is 0.120. The number of rotatable bonds is 3. The van der Waals surface area contributed by atoms with Crippen molar-refractivity contribution in [3.05, 3.63) is 29.6 Å². The lowest BCUT2D eigenvalue weighted by atomic mass is 10.1. The predicted octanol–water partition coefficient (Wildman–Crippen LogP) is 2.10. The molecule has 23 heavy (non-hydrogen) atoms. The molecule has 3 atom stereocenters. The van der Waals surface area contributed by atoms with Crippen molar-refractivity contribution in [1.82, 2.24) is 14.8 Å². The topological polar surface area (TPSA) is 45.7 Å². The zero-order valence-electron chi connectivity index (χ0n) is 14.4. The predicted molar refractivity (Wildman–Crippen MR) is 89.5 cm³/mol. The molecule has 2 aliphatic heterocycles. The molecule has 2 fully saturated rings. The number of carbonyl (C=O) groups is 1. The molecule has 0 N–H and O–H groups in total. The van der Waals surface area contributed by atoms with Gasteiger partial charge in [-0.1, -0.05) is 0 Å². The quantitative estimate of drug-likeness (QED) is 0.856. The minimum atomic E-state index is 0.120. The van der Waals surface area contributed by atoms with Crippen molar-refractivity contribution in [3.63, 3.8) is 0 Å². The maximum Gasteiger partial charge on any atom is 0.255 e. The van der Waals surface area contributed by atoms with Gasteiger partial charge < -0.3 is 9.64 Å². The van der Waals surface area contributed by atoms with Crippen LogP contribution >= 0.6 is 0 Å². The van der Waals surface area contributed by atoms with E-state index in [-0.39, 0.29) is 18.1 Å². The standard InChI is InChI=1S/C18H27N3O2/c1-13-6-7-16(9-19-13)18(22)21-8-4-5-17(21)12-20-10-14(2)23-15(3)11-20/h6-7,9,14-15,17H,4-5,8,10-12H2,1-3H3/t14-,15+,17-/m0/s1. The highest BCUT2D eigenvalue weighted by molar-refractivity contribution is 5.94. The number of pyridine rings is 1. The summed E-state index contributed by atoms with van der Waals surface area (Å²) in [5.41, 5.74) is 1.64. The zero-order chi connectivity index (χ0) is 16.4. The van der Waals surface area contributed by atoms with Gasteiger partial charge in [0, 0.05) is 44.1 Å². The second-order valence-corrected chi connectivity index (χ2v) is 6.96. The number of hydrogen-bond acceptors (Lipinski definition) is 4. The largest absolute Gasteiger partial charge is 0.373 e. The van der Waals surface area contributed by atoms with Crippen molar-refractivity contribution in [2.45, 2.75) is 51.9 Å². The minimum absolute atomic E-state index is 0.120. The maximum absolute atomic E-state index is 12.8. The number of hydrogen-bond donors (Lipinski definition) is 0. The zero-order valence-corrected chi connectivity index (χ0v) is 14.4. The van der Waals surface area contributed by atoms with Gasteiger partial charge >= 0.3 is 0 Å². The van der Waals surface area contributed by atoms with Gasteiger partial charge in [0.2, 0.25) is 0 Å². The Morgan fingerprint density at radius 1 is 1.30 bits per heavy atom. The van der Waals surface area contributed by atoms with E-state index in [0.29, 0.717) is 11.6 Å². The van der Waals surface area contributed by atoms with Crippen molar-refractivity contribution in [3.8, 4) is 0 Å². The van der Waals surface area contributed by atoms with Gasteiger partial charge in [-0.05, 0) is 45.7 Å². The molecule has 3 heterocycles. The molecule has 5 nitrogen and oxygen atoms in total. The molecule has 1 aromatic heterocycles. The summed E-state index contributed by atoms with van der Waals surface area (Å²) in [4.78, 5) is 21.5. The van der Waals surface area contributed by atoms with Crippen molar-refractivity contribution in [2.75, 3.05) is 26.2 Å². The Hall–Kier alpha value is -1.46. The van der Waals surface area contributed by atoms with E-state index >= 15 is 0 Å². The van der Waals surface area contributed by atoms with E-state index in [1.165, 1.54) is 0 Å². The van der Waals surface area contributed by atoms with E-state index in [0.717, 1.165) is 44.7 Å². The van der Waals surface area contributed by atoms with Crippen LogP contribution in [0.25, 0.3) is 0 Å². The lowest BCUT2D eigenvalue weighted by Gasteiger charge is -2.38. The Morgan fingerprint density at radius 2 is 2.04 bits per heavy atom. The first-order chi connectivity index (χ1) is 11.0. The van der Waals surface area contributed by atoms with Crippen molar-refractivity contribution in [1.29, 1.82) is 0 Å². The first kappa shape index (κ1) is 16.4. The summed E-state index contributed by atoms with van der Waals surface area (Å²) in [6.07, 6.45) is 4.42. The van der Waals surface area contributed by atoms with Crippen LogP contribution in [-0.4, -0.2) is 65.1 Å². The molecule has 1 aromatic rings. The third-order valence-electron chi connectivity index (χ3n) is 4.76. The fourth-order valence-electron chi connectivity index (χ4n) is 3.78. The molecule has 126 valence electrons. The molecular weight excluding hydrogens is 290 g/mol. The van der Waals surface area contributed by atoms with Gasteiger partial charge in [-0.15, -0.1) is 0 Å². The van der Waals surface area contributed by atoms with Crippen molar-refractivity contribution in [2.24, 2.45) is 0 Å². The fraction of sp³-hybridized carbons (Fsp3) is 0.667. The number of carbonyl (C=O) groups excluding carboxylic acids is 1. The lowest BCUT2D eigenvalue weighted by molar-refractivity contribution is -0.0715. The van der Waals surface area contributed by atoms with Gasteiger partial charge in [-0.3, -0.25) is 14.7 Å². The fourth-order valence-corrected chi connectivity index (χ4v) is 3.78. The number of amides is 1. The highest BCUT2D eigenvalue weighted by Crippen LogP contribution is 2.22. The summed E-state index contributed by atoms with van der Waals surface area (Å²) < 4.78 is 5.81. The summed E-state index contributed by atoms with van der Waals surface area (Å²) in [6, 6.07) is 4.10.